The number of amides is 1. The van der Waals surface area contributed by atoms with Crippen molar-refractivity contribution in [2.24, 2.45) is 5.10 Å². The molecule has 0 atom stereocenters. The Kier molecular flexibility index (Phi) is 5.09. The van der Waals surface area contributed by atoms with Crippen LogP contribution >= 0.6 is 0 Å². The van der Waals surface area contributed by atoms with Crippen molar-refractivity contribution in [2.45, 2.75) is 13.8 Å². The summed E-state index contributed by atoms with van der Waals surface area (Å²) < 4.78 is 5.52. The number of hydrogen-bond donors (Lipinski definition) is 1. The monoisotopic (exact) mass is 332 g/mol. The molecule has 4 heteroatoms. The van der Waals surface area contributed by atoms with Crippen molar-refractivity contribution in [2.75, 3.05) is 6.61 Å². The third-order valence-electron chi connectivity index (χ3n) is 3.78. The normalized spacial score (nSPS) is 11.0. The van der Waals surface area contributed by atoms with Gasteiger partial charge in [0, 0.05) is 5.56 Å². The van der Waals surface area contributed by atoms with Gasteiger partial charge in [-0.15, -0.1) is 0 Å². The summed E-state index contributed by atoms with van der Waals surface area (Å²) in [6.45, 7) is 3.92. The van der Waals surface area contributed by atoms with Crippen LogP contribution in [0.15, 0.2) is 65.8 Å². The molecule has 3 rings (SSSR count). The van der Waals surface area contributed by atoms with Crippen LogP contribution in [-0.4, -0.2) is 18.7 Å². The maximum atomic E-state index is 11.9. The topological polar surface area (TPSA) is 50.7 Å². The minimum absolute atomic E-state index is 0.0736. The van der Waals surface area contributed by atoms with Crippen molar-refractivity contribution < 1.29 is 9.53 Å². The number of hydrogen-bond acceptors (Lipinski definition) is 3. The molecule has 4 nitrogen and oxygen atoms in total. The van der Waals surface area contributed by atoms with E-state index in [9.17, 15) is 4.79 Å². The third-order valence-corrected chi connectivity index (χ3v) is 3.78. The van der Waals surface area contributed by atoms with Gasteiger partial charge in [-0.2, -0.15) is 5.10 Å². The first-order chi connectivity index (χ1) is 12.1. The molecule has 126 valence electrons. The third kappa shape index (κ3) is 4.44. The fraction of sp³-hybridized carbons (Fsp3) is 0.143. The van der Waals surface area contributed by atoms with Crippen molar-refractivity contribution in [3.8, 4) is 5.75 Å². The van der Waals surface area contributed by atoms with Gasteiger partial charge in [0.15, 0.2) is 6.61 Å². The van der Waals surface area contributed by atoms with E-state index in [1.807, 2.05) is 68.4 Å². The number of ether oxygens (including phenoxy) is 1. The van der Waals surface area contributed by atoms with E-state index in [0.717, 1.165) is 27.5 Å². The Morgan fingerprint density at radius 3 is 2.56 bits per heavy atom. The standard InChI is InChI=1S/C21H20N2O2/c1-15-10-16(2)12-19(11-15)25-14-21(24)23-22-13-18-8-5-7-17-6-3-4-9-20(17)18/h3-13H,14H2,1-2H3,(H,23,24)/b22-13-. The first-order valence-corrected chi connectivity index (χ1v) is 8.12. The molecule has 0 unspecified atom stereocenters. The zero-order valence-corrected chi connectivity index (χ0v) is 14.3. The van der Waals surface area contributed by atoms with Gasteiger partial charge in [-0.05, 0) is 47.9 Å². The van der Waals surface area contributed by atoms with Crippen LogP contribution in [0, 0.1) is 13.8 Å². The van der Waals surface area contributed by atoms with Crippen molar-refractivity contribution in [1.29, 1.82) is 0 Å². The molecular weight excluding hydrogens is 312 g/mol. The van der Waals surface area contributed by atoms with E-state index in [0.29, 0.717) is 5.75 Å². The van der Waals surface area contributed by atoms with Crippen LogP contribution in [0.5, 0.6) is 5.75 Å². The number of rotatable bonds is 5. The van der Waals surface area contributed by atoms with Gasteiger partial charge in [0.05, 0.1) is 6.21 Å². The van der Waals surface area contributed by atoms with E-state index < -0.39 is 0 Å². The first kappa shape index (κ1) is 16.7. The summed E-state index contributed by atoms with van der Waals surface area (Å²) in [5.41, 5.74) is 5.66. The maximum Gasteiger partial charge on any atom is 0.277 e. The highest BCUT2D eigenvalue weighted by Crippen LogP contribution is 2.17. The molecule has 25 heavy (non-hydrogen) atoms. The average molecular weight is 332 g/mol. The van der Waals surface area contributed by atoms with Gasteiger partial charge in [-0.25, -0.2) is 5.43 Å². The number of benzene rings is 3. The van der Waals surface area contributed by atoms with Gasteiger partial charge in [-0.1, -0.05) is 48.5 Å². The summed E-state index contributed by atoms with van der Waals surface area (Å²) in [6.07, 6.45) is 1.65. The molecule has 0 heterocycles. The Bertz CT molecular complexity index is 907. The van der Waals surface area contributed by atoms with Gasteiger partial charge < -0.3 is 4.74 Å². The summed E-state index contributed by atoms with van der Waals surface area (Å²) in [5.74, 6) is 0.390. The molecule has 1 N–H and O–H groups in total. The molecule has 0 saturated heterocycles. The molecule has 3 aromatic rings. The van der Waals surface area contributed by atoms with Gasteiger partial charge >= 0.3 is 0 Å². The lowest BCUT2D eigenvalue weighted by molar-refractivity contribution is -0.123. The molecule has 0 radical (unpaired) electrons. The first-order valence-electron chi connectivity index (χ1n) is 8.12. The Balaban J connectivity index is 1.59. The van der Waals surface area contributed by atoms with E-state index in [-0.39, 0.29) is 12.5 Å². The zero-order chi connectivity index (χ0) is 17.6. The van der Waals surface area contributed by atoms with E-state index in [1.165, 1.54) is 0 Å². The van der Waals surface area contributed by atoms with Crippen LogP contribution in [0.4, 0.5) is 0 Å². The van der Waals surface area contributed by atoms with Crippen molar-refractivity contribution >= 4 is 22.9 Å². The van der Waals surface area contributed by atoms with E-state index in [1.54, 1.807) is 6.21 Å². The lowest BCUT2D eigenvalue weighted by Crippen LogP contribution is -2.24. The summed E-state index contributed by atoms with van der Waals surface area (Å²) in [7, 11) is 0. The van der Waals surface area contributed by atoms with Crippen LogP contribution < -0.4 is 10.2 Å². The van der Waals surface area contributed by atoms with Crippen LogP contribution in [-0.2, 0) is 4.79 Å². The summed E-state index contributed by atoms with van der Waals surface area (Å²) in [5, 5.41) is 6.26. The zero-order valence-electron chi connectivity index (χ0n) is 14.3. The predicted molar refractivity (Wildman–Crippen MR) is 101 cm³/mol. The van der Waals surface area contributed by atoms with E-state index in [4.69, 9.17) is 4.74 Å². The SMILES string of the molecule is Cc1cc(C)cc(OCC(=O)N/N=C\c2cccc3ccccc23)c1. The van der Waals surface area contributed by atoms with Crippen molar-refractivity contribution in [1.82, 2.24) is 5.43 Å². The Labute approximate surface area is 147 Å². The fourth-order valence-electron chi connectivity index (χ4n) is 2.73. The highest BCUT2D eigenvalue weighted by molar-refractivity contribution is 5.99. The highest BCUT2D eigenvalue weighted by atomic mass is 16.5. The van der Waals surface area contributed by atoms with Gasteiger partial charge in [0.25, 0.3) is 5.91 Å². The molecular formula is C21H20N2O2. The molecule has 0 aliphatic heterocycles. The number of fused-ring (bicyclic) bond motifs is 1. The number of nitrogens with zero attached hydrogens (tertiary/aromatic N) is 1. The Hall–Kier alpha value is -3.14. The number of carbonyl (C=O) groups excluding carboxylic acids is 1. The molecule has 0 fully saturated rings. The molecule has 1 amide bonds. The number of aryl methyl sites for hydroxylation is 2. The summed E-state index contributed by atoms with van der Waals surface area (Å²) >= 11 is 0. The lowest BCUT2D eigenvalue weighted by atomic mass is 10.1. The molecule has 0 aliphatic carbocycles. The van der Waals surface area contributed by atoms with Crippen molar-refractivity contribution in [3.63, 3.8) is 0 Å². The minimum Gasteiger partial charge on any atom is -0.484 e. The van der Waals surface area contributed by atoms with Crippen LogP contribution in [0.2, 0.25) is 0 Å². The molecule has 0 saturated carbocycles. The quantitative estimate of drug-likeness (QED) is 0.567. The Morgan fingerprint density at radius 1 is 1.04 bits per heavy atom. The molecule has 0 spiro atoms. The van der Waals surface area contributed by atoms with Crippen LogP contribution in [0.25, 0.3) is 10.8 Å². The highest BCUT2D eigenvalue weighted by Gasteiger charge is 2.03. The second-order valence-corrected chi connectivity index (χ2v) is 5.97. The summed E-state index contributed by atoms with van der Waals surface area (Å²) in [4.78, 5) is 11.9. The van der Waals surface area contributed by atoms with E-state index in [2.05, 4.69) is 16.6 Å². The number of nitrogens with one attached hydrogen (secondary N) is 1. The molecule has 0 aliphatic rings. The maximum absolute atomic E-state index is 11.9. The molecule has 3 aromatic carbocycles. The predicted octanol–water partition coefficient (Wildman–Crippen LogP) is 3.99. The number of hydrazone groups is 1. The van der Waals surface area contributed by atoms with Crippen molar-refractivity contribution in [3.05, 3.63) is 77.4 Å². The largest absolute Gasteiger partial charge is 0.484 e. The molecule has 0 bridgehead atoms. The lowest BCUT2D eigenvalue weighted by Gasteiger charge is -2.07. The fourth-order valence-corrected chi connectivity index (χ4v) is 2.73. The smallest absolute Gasteiger partial charge is 0.277 e. The average Bonchev–Trinajstić information content (AvgIpc) is 2.59. The second-order valence-electron chi connectivity index (χ2n) is 5.97. The van der Waals surface area contributed by atoms with E-state index >= 15 is 0 Å². The van der Waals surface area contributed by atoms with Gasteiger partial charge in [0.2, 0.25) is 0 Å². The number of carbonyl (C=O) groups is 1. The Morgan fingerprint density at radius 2 is 1.76 bits per heavy atom. The second kappa shape index (κ2) is 7.62. The van der Waals surface area contributed by atoms with Crippen LogP contribution in [0.3, 0.4) is 0 Å². The minimum atomic E-state index is -0.296. The summed E-state index contributed by atoms with van der Waals surface area (Å²) in [6, 6.07) is 19.9. The molecule has 0 aromatic heterocycles. The van der Waals surface area contributed by atoms with Crippen LogP contribution in [0.1, 0.15) is 16.7 Å². The van der Waals surface area contributed by atoms with Gasteiger partial charge in [-0.3, -0.25) is 4.79 Å². The van der Waals surface area contributed by atoms with Gasteiger partial charge in [0.1, 0.15) is 5.75 Å².